The van der Waals surface area contributed by atoms with E-state index in [1.165, 1.54) is 22.4 Å². The molecule has 1 aromatic rings. The van der Waals surface area contributed by atoms with E-state index in [1.54, 1.807) is 0 Å². The molecule has 5 nitrogen and oxygen atoms in total. The van der Waals surface area contributed by atoms with E-state index in [1.807, 2.05) is 0 Å². The smallest absolute Gasteiger partial charge is 0.171 e. The molecule has 0 bridgehead atoms. The molecule has 0 unspecified atom stereocenters. The average molecular weight is 468 g/mol. The summed E-state index contributed by atoms with van der Waals surface area (Å²) >= 11 is 0. The lowest BCUT2D eigenvalue weighted by Crippen LogP contribution is -2.55. The number of rotatable bonds is 2. The van der Waals surface area contributed by atoms with Crippen LogP contribution in [0.4, 0.5) is 5.69 Å². The van der Waals surface area contributed by atoms with E-state index in [0.29, 0.717) is 31.5 Å². The second kappa shape index (κ2) is 7.55. The van der Waals surface area contributed by atoms with Crippen molar-refractivity contribution in [2.75, 3.05) is 32.2 Å². The standard InChI is InChI=1S/C29H41NO4/c1-26-17-22(19-5-7-20(8-6-19)30(3)4)25-21(23(26)10-12-27(26,2)31)9-13-28(32)18-29(14-11-24(25)28)33-15-16-34-29/h5-8,21-23,31-32H,9-18H2,1-4H3/t21-,22+,23+,26-,27+,28+/m0/s1. The first-order valence-corrected chi connectivity index (χ1v) is 13.3. The van der Waals surface area contributed by atoms with Crippen molar-refractivity contribution < 1.29 is 19.7 Å². The number of ether oxygens (including phenoxy) is 2. The van der Waals surface area contributed by atoms with Gasteiger partial charge in [-0.25, -0.2) is 0 Å². The number of hydrogen-bond acceptors (Lipinski definition) is 5. The Morgan fingerprint density at radius 2 is 1.65 bits per heavy atom. The van der Waals surface area contributed by atoms with Gasteiger partial charge in [0.05, 0.1) is 24.4 Å². The zero-order valence-corrected chi connectivity index (χ0v) is 21.3. The molecule has 1 aliphatic heterocycles. The molecule has 6 atom stereocenters. The average Bonchev–Trinajstić information content (AvgIpc) is 3.33. The molecule has 6 rings (SSSR count). The van der Waals surface area contributed by atoms with Gasteiger partial charge in [-0.05, 0) is 80.6 Å². The van der Waals surface area contributed by atoms with Crippen molar-refractivity contribution in [2.45, 2.75) is 88.1 Å². The molecule has 1 aromatic carbocycles. The van der Waals surface area contributed by atoms with Gasteiger partial charge in [0.2, 0.25) is 0 Å². The monoisotopic (exact) mass is 467 g/mol. The van der Waals surface area contributed by atoms with Gasteiger partial charge in [0.15, 0.2) is 5.79 Å². The molecule has 5 heteroatoms. The summed E-state index contributed by atoms with van der Waals surface area (Å²) in [5, 5.41) is 23.6. The molecule has 0 amide bonds. The van der Waals surface area contributed by atoms with E-state index < -0.39 is 17.0 Å². The lowest BCUT2D eigenvalue weighted by molar-refractivity contribution is -0.208. The van der Waals surface area contributed by atoms with Gasteiger partial charge in [0.25, 0.3) is 0 Å². The number of benzene rings is 1. The maximum absolute atomic E-state index is 12.1. The van der Waals surface area contributed by atoms with Crippen LogP contribution < -0.4 is 4.90 Å². The SMILES string of the molecule is CN(C)c1ccc([C@H]2C[C@@]3(C)[C@H](CC[C@@]3(C)O)[C@@H]3CC[C@@]4(O)CC5(CCC4=C32)OCCO5)cc1. The Morgan fingerprint density at radius 3 is 2.32 bits per heavy atom. The molecule has 0 aromatic heterocycles. The minimum absolute atomic E-state index is 0.115. The summed E-state index contributed by atoms with van der Waals surface area (Å²) in [6, 6.07) is 8.97. The summed E-state index contributed by atoms with van der Waals surface area (Å²) in [4.78, 5) is 2.13. The fourth-order valence-electron chi connectivity index (χ4n) is 8.54. The van der Waals surface area contributed by atoms with Crippen LogP contribution in [0, 0.1) is 17.3 Å². The number of anilines is 1. The molecule has 4 fully saturated rings. The molecule has 3 saturated carbocycles. The normalized spacial score (nSPS) is 42.9. The van der Waals surface area contributed by atoms with Crippen LogP contribution in [0.3, 0.4) is 0 Å². The quantitative estimate of drug-likeness (QED) is 0.614. The van der Waals surface area contributed by atoms with Crippen molar-refractivity contribution in [3.63, 3.8) is 0 Å². The van der Waals surface area contributed by atoms with Crippen LogP contribution in [0.1, 0.15) is 76.7 Å². The third kappa shape index (κ3) is 3.20. The van der Waals surface area contributed by atoms with E-state index in [4.69, 9.17) is 9.47 Å². The second-order valence-electron chi connectivity index (χ2n) is 12.5. The lowest BCUT2D eigenvalue weighted by atomic mass is 9.50. The fourth-order valence-corrected chi connectivity index (χ4v) is 8.54. The number of aliphatic hydroxyl groups is 2. The van der Waals surface area contributed by atoms with E-state index >= 15 is 0 Å². The Kier molecular flexibility index (Phi) is 5.11. The van der Waals surface area contributed by atoms with E-state index in [2.05, 4.69) is 57.1 Å². The summed E-state index contributed by atoms with van der Waals surface area (Å²) in [6.07, 6.45) is 6.86. The molecule has 2 N–H and O–H groups in total. The van der Waals surface area contributed by atoms with Gasteiger partial charge in [-0.15, -0.1) is 0 Å². The van der Waals surface area contributed by atoms with Gasteiger partial charge in [0, 0.05) is 44.0 Å². The van der Waals surface area contributed by atoms with Crippen molar-refractivity contribution in [1.29, 1.82) is 0 Å². The predicted molar refractivity (Wildman–Crippen MR) is 133 cm³/mol. The van der Waals surface area contributed by atoms with E-state index in [9.17, 15) is 10.2 Å². The third-order valence-electron chi connectivity index (χ3n) is 10.6. The minimum atomic E-state index is -0.842. The van der Waals surface area contributed by atoms with Crippen molar-refractivity contribution in [1.82, 2.24) is 0 Å². The first kappa shape index (κ1) is 23.0. The van der Waals surface area contributed by atoms with E-state index in [0.717, 1.165) is 44.9 Å². The van der Waals surface area contributed by atoms with Gasteiger partial charge >= 0.3 is 0 Å². The van der Waals surface area contributed by atoms with Gasteiger partial charge in [0.1, 0.15) is 0 Å². The third-order valence-corrected chi connectivity index (χ3v) is 10.6. The first-order chi connectivity index (χ1) is 16.1. The Morgan fingerprint density at radius 1 is 0.941 bits per heavy atom. The van der Waals surface area contributed by atoms with Crippen LogP contribution in [0.15, 0.2) is 35.4 Å². The Bertz CT molecular complexity index is 992. The number of allylic oxidation sites excluding steroid dienone is 1. The molecule has 4 aliphatic carbocycles. The summed E-state index contributed by atoms with van der Waals surface area (Å²) in [5.74, 6) is 0.533. The summed E-state index contributed by atoms with van der Waals surface area (Å²) in [7, 11) is 4.15. The Balaban J connectivity index is 1.47. The van der Waals surface area contributed by atoms with Gasteiger partial charge in [-0.2, -0.15) is 0 Å². The highest BCUT2D eigenvalue weighted by molar-refractivity contribution is 5.50. The van der Waals surface area contributed by atoms with Crippen molar-refractivity contribution in [2.24, 2.45) is 17.3 Å². The van der Waals surface area contributed by atoms with Gasteiger partial charge in [-0.1, -0.05) is 24.6 Å². The lowest BCUT2D eigenvalue weighted by Gasteiger charge is -2.57. The predicted octanol–water partition coefficient (Wildman–Crippen LogP) is 4.77. The summed E-state index contributed by atoms with van der Waals surface area (Å²) < 4.78 is 12.1. The minimum Gasteiger partial charge on any atom is -0.390 e. The highest BCUT2D eigenvalue weighted by atomic mass is 16.7. The maximum Gasteiger partial charge on any atom is 0.171 e. The fraction of sp³-hybridized carbons (Fsp3) is 0.724. The first-order valence-electron chi connectivity index (χ1n) is 13.3. The van der Waals surface area contributed by atoms with Gasteiger partial charge < -0.3 is 24.6 Å². The number of fused-ring (bicyclic) bond motifs is 4. The van der Waals surface area contributed by atoms with Crippen LogP contribution in [-0.4, -0.2) is 54.5 Å². The number of nitrogens with zero attached hydrogens (tertiary/aromatic N) is 1. The van der Waals surface area contributed by atoms with Crippen molar-refractivity contribution in [3.05, 3.63) is 41.0 Å². The van der Waals surface area contributed by atoms with E-state index in [-0.39, 0.29) is 11.3 Å². The topological polar surface area (TPSA) is 62.2 Å². The zero-order chi connectivity index (χ0) is 23.9. The molecule has 186 valence electrons. The molecule has 1 spiro atoms. The van der Waals surface area contributed by atoms with Crippen LogP contribution in [0.2, 0.25) is 0 Å². The largest absolute Gasteiger partial charge is 0.390 e. The summed E-state index contributed by atoms with van der Waals surface area (Å²) in [5.41, 5.74) is 3.66. The molecule has 1 heterocycles. The molecule has 0 radical (unpaired) electrons. The molecular weight excluding hydrogens is 426 g/mol. The molecular formula is C29H41NO4. The van der Waals surface area contributed by atoms with Gasteiger partial charge in [-0.3, -0.25) is 0 Å². The molecule has 1 saturated heterocycles. The van der Waals surface area contributed by atoms with Crippen LogP contribution >= 0.6 is 0 Å². The molecule has 5 aliphatic rings. The van der Waals surface area contributed by atoms with Crippen LogP contribution in [0.5, 0.6) is 0 Å². The Labute approximate surface area is 204 Å². The zero-order valence-electron chi connectivity index (χ0n) is 21.3. The second-order valence-corrected chi connectivity index (χ2v) is 12.5. The highest BCUT2D eigenvalue weighted by Gasteiger charge is 2.63. The van der Waals surface area contributed by atoms with Crippen molar-refractivity contribution >= 4 is 5.69 Å². The van der Waals surface area contributed by atoms with Crippen molar-refractivity contribution in [3.8, 4) is 0 Å². The maximum atomic E-state index is 12.1. The number of hydrogen-bond donors (Lipinski definition) is 2. The Hall–Kier alpha value is -1.40. The van der Waals surface area contributed by atoms with Crippen LogP contribution in [-0.2, 0) is 9.47 Å². The molecule has 34 heavy (non-hydrogen) atoms. The summed E-state index contributed by atoms with van der Waals surface area (Å²) in [6.45, 7) is 5.65. The highest BCUT2D eigenvalue weighted by Crippen LogP contribution is 2.67. The van der Waals surface area contributed by atoms with Crippen LogP contribution in [0.25, 0.3) is 0 Å².